The summed E-state index contributed by atoms with van der Waals surface area (Å²) in [5, 5.41) is 0. The fourth-order valence-electron chi connectivity index (χ4n) is 0.872. The highest BCUT2D eigenvalue weighted by molar-refractivity contribution is 9.10. The van der Waals surface area contributed by atoms with Crippen LogP contribution in [0.3, 0.4) is 0 Å². The van der Waals surface area contributed by atoms with Crippen LogP contribution in [0, 0.1) is 0 Å². The molecule has 1 atom stereocenters. The number of pyridine rings is 1. The second kappa shape index (κ2) is 6.29. The van der Waals surface area contributed by atoms with E-state index in [-0.39, 0.29) is 18.4 Å². The van der Waals surface area contributed by atoms with E-state index < -0.39 is 6.67 Å². The molecule has 0 bridgehead atoms. The molecule has 2 nitrogen and oxygen atoms in total. The summed E-state index contributed by atoms with van der Waals surface area (Å²) in [5.74, 6) is 0. The van der Waals surface area contributed by atoms with Gasteiger partial charge in [-0.2, -0.15) is 0 Å². The van der Waals surface area contributed by atoms with Gasteiger partial charge >= 0.3 is 0 Å². The number of halogens is 3. The molecule has 0 radical (unpaired) electrons. The molecule has 0 saturated carbocycles. The Balaban J connectivity index is 0.00000144. The lowest BCUT2D eigenvalue weighted by atomic mass is 10.1. The second-order valence-corrected chi connectivity index (χ2v) is 3.40. The zero-order chi connectivity index (χ0) is 8.97. The summed E-state index contributed by atoms with van der Waals surface area (Å²) in [4.78, 5) is 4.06. The molecule has 0 amide bonds. The maximum Gasteiger partial charge on any atom is 0.0913 e. The van der Waals surface area contributed by atoms with Gasteiger partial charge in [-0.25, -0.2) is 0 Å². The van der Waals surface area contributed by atoms with Crippen LogP contribution in [0.1, 0.15) is 18.2 Å². The van der Waals surface area contributed by atoms with Gasteiger partial charge in [0.1, 0.15) is 0 Å². The van der Waals surface area contributed by atoms with Crippen LogP contribution in [0.4, 0.5) is 4.39 Å². The van der Waals surface area contributed by atoms with Crippen LogP contribution in [0.15, 0.2) is 22.8 Å². The quantitative estimate of drug-likeness (QED) is 0.916. The van der Waals surface area contributed by atoms with Gasteiger partial charge in [-0.05, 0) is 34.5 Å². The van der Waals surface area contributed by atoms with E-state index in [2.05, 4.69) is 20.9 Å². The maximum absolute atomic E-state index is 11.9. The molecule has 0 aliphatic carbocycles. The molecule has 1 heterocycles. The third-order valence-corrected chi connectivity index (χ3v) is 2.02. The van der Waals surface area contributed by atoms with E-state index in [1.165, 1.54) is 0 Å². The van der Waals surface area contributed by atoms with Crippen molar-refractivity contribution in [2.75, 3.05) is 6.67 Å². The number of nitrogens with two attached hydrogens (primary N) is 1. The summed E-state index contributed by atoms with van der Waals surface area (Å²) >= 11 is 3.26. The lowest BCUT2D eigenvalue weighted by molar-refractivity contribution is 0.438. The van der Waals surface area contributed by atoms with Gasteiger partial charge in [0.25, 0.3) is 0 Å². The zero-order valence-corrected chi connectivity index (χ0v) is 9.31. The van der Waals surface area contributed by atoms with E-state index in [9.17, 15) is 4.39 Å². The summed E-state index contributed by atoms with van der Waals surface area (Å²) in [6.45, 7) is -0.404. The molecule has 0 aliphatic rings. The van der Waals surface area contributed by atoms with Crippen LogP contribution < -0.4 is 5.73 Å². The Bertz CT molecular complexity index is 242. The molecule has 0 aliphatic heterocycles. The fourth-order valence-corrected chi connectivity index (χ4v) is 1.11. The number of rotatable bonds is 3. The highest BCUT2D eigenvalue weighted by atomic mass is 79.9. The van der Waals surface area contributed by atoms with Crippen molar-refractivity contribution >= 4 is 28.3 Å². The highest BCUT2D eigenvalue weighted by Gasteiger charge is 2.05. The molecular weight excluding hydrogens is 258 g/mol. The predicted octanol–water partition coefficient (Wildman–Crippen LogP) is 2.63. The first-order chi connectivity index (χ1) is 5.74. The predicted molar refractivity (Wildman–Crippen MR) is 56.7 cm³/mol. The van der Waals surface area contributed by atoms with Crippen LogP contribution in [-0.4, -0.2) is 11.7 Å². The first-order valence-electron chi connectivity index (χ1n) is 3.67. The third-order valence-electron chi connectivity index (χ3n) is 1.55. The Labute approximate surface area is 91.3 Å². The second-order valence-electron chi connectivity index (χ2n) is 2.49. The largest absolute Gasteiger partial charge is 0.323 e. The molecule has 1 aromatic rings. The van der Waals surface area contributed by atoms with Crippen molar-refractivity contribution in [1.29, 1.82) is 0 Å². The van der Waals surface area contributed by atoms with Crippen molar-refractivity contribution in [3.05, 3.63) is 28.5 Å². The average Bonchev–Trinajstić information content (AvgIpc) is 2.06. The van der Waals surface area contributed by atoms with Crippen molar-refractivity contribution in [2.45, 2.75) is 12.5 Å². The van der Waals surface area contributed by atoms with E-state index in [0.29, 0.717) is 6.42 Å². The van der Waals surface area contributed by atoms with Gasteiger partial charge in [-0.1, -0.05) is 0 Å². The van der Waals surface area contributed by atoms with Gasteiger partial charge in [0.05, 0.1) is 12.4 Å². The van der Waals surface area contributed by atoms with Crippen LogP contribution in [-0.2, 0) is 0 Å². The van der Waals surface area contributed by atoms with Gasteiger partial charge in [-0.3, -0.25) is 9.37 Å². The Kier molecular flexibility index (Phi) is 6.20. The minimum absolute atomic E-state index is 0. The zero-order valence-electron chi connectivity index (χ0n) is 6.91. The molecule has 0 saturated heterocycles. The topological polar surface area (TPSA) is 38.9 Å². The van der Waals surface area contributed by atoms with Gasteiger partial charge in [0.2, 0.25) is 0 Å². The minimum atomic E-state index is -0.404. The monoisotopic (exact) mass is 268 g/mol. The minimum Gasteiger partial charge on any atom is -0.323 e. The standard InChI is InChI=1S/C8H10BrFN2.ClH/c9-6-1-2-8(12-5-6)7(11)3-4-10;/h1-2,5,7H,3-4,11H2;1H/t7-;/m0./s1. The van der Waals surface area contributed by atoms with Crippen LogP contribution in [0.5, 0.6) is 0 Å². The lowest BCUT2D eigenvalue weighted by Crippen LogP contribution is -2.12. The maximum atomic E-state index is 11.9. The van der Waals surface area contributed by atoms with Gasteiger partial charge in [0, 0.05) is 16.7 Å². The van der Waals surface area contributed by atoms with Crippen molar-refractivity contribution in [3.8, 4) is 0 Å². The lowest BCUT2D eigenvalue weighted by Gasteiger charge is -2.07. The smallest absolute Gasteiger partial charge is 0.0913 e. The molecule has 0 fully saturated rings. The molecule has 2 N–H and O–H groups in total. The Morgan fingerprint density at radius 1 is 1.54 bits per heavy atom. The Morgan fingerprint density at radius 3 is 2.69 bits per heavy atom. The highest BCUT2D eigenvalue weighted by Crippen LogP contribution is 2.14. The molecule has 0 aromatic carbocycles. The first kappa shape index (κ1) is 12.8. The van der Waals surface area contributed by atoms with E-state index >= 15 is 0 Å². The summed E-state index contributed by atoms with van der Waals surface area (Å²) in [6.07, 6.45) is 1.99. The summed E-state index contributed by atoms with van der Waals surface area (Å²) in [7, 11) is 0. The van der Waals surface area contributed by atoms with E-state index in [1.807, 2.05) is 6.07 Å². The normalized spacial score (nSPS) is 11.9. The number of hydrogen-bond acceptors (Lipinski definition) is 2. The van der Waals surface area contributed by atoms with Crippen LogP contribution in [0.2, 0.25) is 0 Å². The SMILES string of the molecule is Cl.N[C@@H](CCF)c1ccc(Br)cn1. The van der Waals surface area contributed by atoms with Gasteiger partial charge in [-0.15, -0.1) is 12.4 Å². The van der Waals surface area contributed by atoms with Crippen molar-refractivity contribution < 1.29 is 4.39 Å². The number of nitrogens with zero attached hydrogens (tertiary/aromatic N) is 1. The molecule has 74 valence electrons. The third kappa shape index (κ3) is 4.02. The van der Waals surface area contributed by atoms with Gasteiger partial charge < -0.3 is 5.73 Å². The number of alkyl halides is 1. The molecule has 1 aromatic heterocycles. The van der Waals surface area contributed by atoms with E-state index in [1.54, 1.807) is 12.3 Å². The molecule has 5 heteroatoms. The fraction of sp³-hybridized carbons (Fsp3) is 0.375. The average molecular weight is 270 g/mol. The molecule has 0 unspecified atom stereocenters. The molecular formula is C8H11BrClFN2. The number of hydrogen-bond donors (Lipinski definition) is 1. The van der Waals surface area contributed by atoms with Crippen molar-refractivity contribution in [2.24, 2.45) is 5.73 Å². The Morgan fingerprint density at radius 2 is 2.23 bits per heavy atom. The van der Waals surface area contributed by atoms with Crippen LogP contribution in [0.25, 0.3) is 0 Å². The van der Waals surface area contributed by atoms with E-state index in [4.69, 9.17) is 5.73 Å². The molecule has 1 rings (SSSR count). The van der Waals surface area contributed by atoms with Gasteiger partial charge in [0.15, 0.2) is 0 Å². The van der Waals surface area contributed by atoms with Crippen LogP contribution >= 0.6 is 28.3 Å². The first-order valence-corrected chi connectivity index (χ1v) is 4.46. The molecule has 13 heavy (non-hydrogen) atoms. The summed E-state index contributed by atoms with van der Waals surface area (Å²) < 4.78 is 12.8. The Hall–Kier alpha value is -0.190. The molecule has 0 spiro atoms. The van der Waals surface area contributed by atoms with Crippen molar-refractivity contribution in [3.63, 3.8) is 0 Å². The number of aromatic nitrogens is 1. The summed E-state index contributed by atoms with van der Waals surface area (Å²) in [6, 6.07) is 3.35. The summed E-state index contributed by atoms with van der Waals surface area (Å²) in [5.41, 5.74) is 6.37. The van der Waals surface area contributed by atoms with Crippen molar-refractivity contribution in [1.82, 2.24) is 4.98 Å². The van der Waals surface area contributed by atoms with E-state index in [0.717, 1.165) is 10.2 Å².